The van der Waals surface area contributed by atoms with Gasteiger partial charge in [0, 0.05) is 75.5 Å². The molecule has 3 fully saturated rings. The number of nitrogens with zero attached hydrogens (tertiary/aromatic N) is 7. The molecule has 3 aromatic rings. The van der Waals surface area contributed by atoms with E-state index < -0.39 is 0 Å². The maximum Gasteiger partial charge on any atom is 0.163 e. The summed E-state index contributed by atoms with van der Waals surface area (Å²) in [5, 5.41) is 10.7. The van der Waals surface area contributed by atoms with Crippen LogP contribution in [0.15, 0.2) is 36.5 Å². The van der Waals surface area contributed by atoms with Crippen LogP contribution in [0.1, 0.15) is 25.0 Å². The van der Waals surface area contributed by atoms with Gasteiger partial charge in [-0.25, -0.2) is 4.98 Å². The third-order valence-corrected chi connectivity index (χ3v) is 8.40. The average molecular weight is 539 g/mol. The number of benzene rings is 1. The summed E-state index contributed by atoms with van der Waals surface area (Å²) in [5.41, 5.74) is 11.9. The molecule has 3 aliphatic rings. The van der Waals surface area contributed by atoms with E-state index >= 15 is 0 Å². The molecule has 3 aliphatic heterocycles. The van der Waals surface area contributed by atoms with Crippen LogP contribution in [0.3, 0.4) is 0 Å². The molecule has 2 N–H and O–H groups in total. The fourth-order valence-electron chi connectivity index (χ4n) is 6.50. The lowest BCUT2D eigenvalue weighted by molar-refractivity contribution is -0.0327. The minimum absolute atomic E-state index is 0.0914. The van der Waals surface area contributed by atoms with Crippen LogP contribution in [0, 0.1) is 18.3 Å². The van der Waals surface area contributed by atoms with Crippen molar-refractivity contribution in [3.05, 3.63) is 47.7 Å². The van der Waals surface area contributed by atoms with Crippen molar-refractivity contribution in [3.8, 4) is 6.07 Å². The third kappa shape index (κ3) is 5.34. The Hall–Kier alpha value is -3.39. The van der Waals surface area contributed by atoms with Gasteiger partial charge in [-0.1, -0.05) is 6.07 Å². The van der Waals surface area contributed by atoms with Crippen LogP contribution in [-0.2, 0) is 4.74 Å². The highest BCUT2D eigenvalue weighted by molar-refractivity contribution is 6.31. The number of nitrogens with two attached hydrogens (primary N) is 1. The smallest absolute Gasteiger partial charge is 0.163 e. The van der Waals surface area contributed by atoms with Gasteiger partial charge in [-0.2, -0.15) is 5.26 Å². The zero-order valence-corrected chi connectivity index (χ0v) is 24.1. The van der Waals surface area contributed by atoms with Crippen LogP contribution >= 0.6 is 0 Å². The lowest BCUT2D eigenvalue weighted by atomic mass is 9.93. The molecule has 3 saturated heterocycles. The molecule has 208 valence electrons. The largest absolute Gasteiger partial charge is 0.370 e. The van der Waals surface area contributed by atoms with Gasteiger partial charge in [-0.3, -0.25) is 9.88 Å². The topological polar surface area (TPSA) is 97.8 Å². The van der Waals surface area contributed by atoms with Crippen LogP contribution in [0.5, 0.6) is 0 Å². The molecule has 0 unspecified atom stereocenters. The molecule has 40 heavy (non-hydrogen) atoms. The molecule has 5 heterocycles. The Balaban J connectivity index is 1.09. The Kier molecular flexibility index (Phi) is 7.07. The van der Waals surface area contributed by atoms with Crippen LogP contribution < -0.4 is 26.0 Å². The van der Waals surface area contributed by atoms with Gasteiger partial charge in [-0.05, 0) is 56.2 Å². The summed E-state index contributed by atoms with van der Waals surface area (Å²) in [6.07, 6.45) is 2.24. The number of piperazine rings is 1. The second kappa shape index (κ2) is 10.5. The van der Waals surface area contributed by atoms with Gasteiger partial charge in [0.15, 0.2) is 7.85 Å². The Morgan fingerprint density at radius 2 is 1.88 bits per heavy atom. The van der Waals surface area contributed by atoms with E-state index in [2.05, 4.69) is 64.6 Å². The number of anilines is 3. The van der Waals surface area contributed by atoms with E-state index in [1.807, 2.05) is 26.2 Å². The predicted molar refractivity (Wildman–Crippen MR) is 164 cm³/mol. The number of fused-ring (bicyclic) bond motifs is 1. The van der Waals surface area contributed by atoms with E-state index in [1.54, 1.807) is 0 Å². The molecule has 9 nitrogen and oxygen atoms in total. The number of rotatable bonds is 5. The van der Waals surface area contributed by atoms with Gasteiger partial charge in [0.05, 0.1) is 35.2 Å². The van der Waals surface area contributed by atoms with Gasteiger partial charge < -0.3 is 25.2 Å². The standard InChI is InChI=1S/C30H39BN8O/c1-20-12-23(39-18-30(3,33)19-39)14-34-29(20)37-10-8-36(9-11-37)16-24-17-38(15-21(2)40-24)26-6-4-22(13-32)28-25(26)5-7-27(31)35-28/h4-7,12,14,21,24H,8-11,15-19,31,33H2,1-3H3/t21-,24+/m1/s1. The molecule has 0 spiro atoms. The van der Waals surface area contributed by atoms with E-state index in [9.17, 15) is 5.26 Å². The molecule has 6 rings (SSSR count). The number of aryl methyl sites for hydroxylation is 1. The fraction of sp³-hybridized carbons (Fsp3) is 0.500. The van der Waals surface area contributed by atoms with Crippen molar-refractivity contribution in [3.63, 3.8) is 0 Å². The summed E-state index contributed by atoms with van der Waals surface area (Å²) in [6.45, 7) is 14.6. The number of nitriles is 1. The summed E-state index contributed by atoms with van der Waals surface area (Å²) in [5.74, 6) is 1.09. The number of hydrogen-bond donors (Lipinski definition) is 1. The highest BCUT2D eigenvalue weighted by Gasteiger charge is 2.35. The molecular formula is C30H39BN8O. The Morgan fingerprint density at radius 3 is 2.58 bits per heavy atom. The monoisotopic (exact) mass is 538 g/mol. The molecule has 0 aliphatic carbocycles. The van der Waals surface area contributed by atoms with Gasteiger partial charge >= 0.3 is 0 Å². The Labute approximate surface area is 237 Å². The van der Waals surface area contributed by atoms with Gasteiger partial charge in [0.2, 0.25) is 0 Å². The van der Waals surface area contributed by atoms with Gasteiger partial charge in [0.25, 0.3) is 0 Å². The number of hydrogen-bond acceptors (Lipinski definition) is 9. The SMILES string of the molecule is Bc1ccc2c(N3C[C@H](CN4CCN(c5ncc(N6CC(C)(N)C6)cc5C)CC4)O[C@H](C)C3)ccc(C#N)c2n1. The highest BCUT2D eigenvalue weighted by atomic mass is 16.5. The fourth-order valence-corrected chi connectivity index (χ4v) is 6.50. The van der Waals surface area contributed by atoms with Crippen LogP contribution in [0.2, 0.25) is 0 Å². The first-order valence-electron chi connectivity index (χ1n) is 14.4. The maximum atomic E-state index is 9.62. The predicted octanol–water partition coefficient (Wildman–Crippen LogP) is 1.02. The summed E-state index contributed by atoms with van der Waals surface area (Å²) < 4.78 is 6.42. The number of aromatic nitrogens is 2. The number of ether oxygens (including phenoxy) is 1. The number of pyridine rings is 2. The van der Waals surface area contributed by atoms with Crippen LogP contribution in [0.4, 0.5) is 17.2 Å². The van der Waals surface area contributed by atoms with E-state index in [0.717, 1.165) is 92.6 Å². The second-order valence-electron chi connectivity index (χ2n) is 12.2. The van der Waals surface area contributed by atoms with E-state index in [0.29, 0.717) is 5.56 Å². The van der Waals surface area contributed by atoms with Crippen molar-refractivity contribution in [2.45, 2.75) is 38.5 Å². The van der Waals surface area contributed by atoms with E-state index in [1.165, 1.54) is 5.56 Å². The first-order valence-corrected chi connectivity index (χ1v) is 14.4. The number of morpholine rings is 1. The Bertz CT molecular complexity index is 1440. The molecule has 1 aromatic carbocycles. The molecule has 10 heteroatoms. The lowest BCUT2D eigenvalue weighted by Crippen LogP contribution is -2.65. The minimum Gasteiger partial charge on any atom is -0.370 e. The molecule has 0 bridgehead atoms. The summed E-state index contributed by atoms with van der Waals surface area (Å²) >= 11 is 0. The summed E-state index contributed by atoms with van der Waals surface area (Å²) in [4.78, 5) is 19.2. The van der Waals surface area contributed by atoms with Crippen molar-refractivity contribution in [2.24, 2.45) is 5.73 Å². The van der Waals surface area contributed by atoms with Crippen molar-refractivity contribution in [1.29, 1.82) is 5.26 Å². The molecule has 0 amide bonds. The van der Waals surface area contributed by atoms with Gasteiger partial charge in [0.1, 0.15) is 11.9 Å². The average Bonchev–Trinajstić information content (AvgIpc) is 2.91. The van der Waals surface area contributed by atoms with Crippen molar-refractivity contribution in [2.75, 3.05) is 73.6 Å². The zero-order chi connectivity index (χ0) is 28.0. The normalized spacial score (nSPS) is 23.2. The van der Waals surface area contributed by atoms with E-state index in [-0.39, 0.29) is 17.7 Å². The molecular weight excluding hydrogens is 499 g/mol. The third-order valence-electron chi connectivity index (χ3n) is 8.40. The quantitative estimate of drug-likeness (QED) is 0.478. The lowest BCUT2D eigenvalue weighted by Gasteiger charge is -2.47. The van der Waals surface area contributed by atoms with Crippen LogP contribution in [0.25, 0.3) is 10.9 Å². The van der Waals surface area contributed by atoms with E-state index in [4.69, 9.17) is 20.4 Å². The van der Waals surface area contributed by atoms with Crippen molar-refractivity contribution < 1.29 is 4.74 Å². The molecule has 0 radical (unpaired) electrons. The summed E-state index contributed by atoms with van der Waals surface area (Å²) in [6, 6.07) is 12.7. The molecule has 2 atom stereocenters. The molecule has 2 aromatic heterocycles. The summed E-state index contributed by atoms with van der Waals surface area (Å²) in [7, 11) is 1.97. The van der Waals surface area contributed by atoms with Crippen molar-refractivity contribution in [1.82, 2.24) is 14.9 Å². The minimum atomic E-state index is -0.0914. The second-order valence-corrected chi connectivity index (χ2v) is 12.2. The highest BCUT2D eigenvalue weighted by Crippen LogP contribution is 2.31. The molecule has 0 saturated carbocycles. The van der Waals surface area contributed by atoms with Crippen LogP contribution in [-0.4, -0.2) is 99.4 Å². The zero-order valence-electron chi connectivity index (χ0n) is 24.1. The maximum absolute atomic E-state index is 9.62. The van der Waals surface area contributed by atoms with Crippen molar-refractivity contribution >= 4 is 41.5 Å². The first-order chi connectivity index (χ1) is 19.2. The first kappa shape index (κ1) is 26.8. The Morgan fingerprint density at radius 1 is 1.10 bits per heavy atom. The van der Waals surface area contributed by atoms with Gasteiger partial charge in [-0.15, -0.1) is 0 Å².